The Labute approximate surface area is 107 Å². The zero-order valence-corrected chi connectivity index (χ0v) is 10.6. The second-order valence-corrected chi connectivity index (χ2v) is 4.68. The first-order valence-corrected chi connectivity index (χ1v) is 6.03. The summed E-state index contributed by atoms with van der Waals surface area (Å²) in [6, 6.07) is 13.8. The van der Waals surface area contributed by atoms with Crippen LogP contribution < -0.4 is 5.73 Å². The average molecular weight is 288 g/mol. The summed E-state index contributed by atoms with van der Waals surface area (Å²) in [5.41, 5.74) is 8.54. The van der Waals surface area contributed by atoms with Gasteiger partial charge in [-0.2, -0.15) is 5.10 Å². The van der Waals surface area contributed by atoms with Gasteiger partial charge in [0.1, 0.15) is 0 Å². The highest BCUT2D eigenvalue weighted by Crippen LogP contribution is 2.26. The summed E-state index contributed by atoms with van der Waals surface area (Å²) in [6.07, 6.45) is 1.86. The zero-order chi connectivity index (χ0) is 11.8. The van der Waals surface area contributed by atoms with E-state index < -0.39 is 0 Å². The van der Waals surface area contributed by atoms with Gasteiger partial charge in [-0.15, -0.1) is 0 Å². The van der Waals surface area contributed by atoms with Crippen LogP contribution in [0.3, 0.4) is 0 Å². The number of nitrogens with two attached hydrogens (primary N) is 1. The van der Waals surface area contributed by atoms with E-state index in [1.807, 2.05) is 53.3 Å². The lowest BCUT2D eigenvalue weighted by Crippen LogP contribution is -1.97. The number of halogens is 1. The second-order valence-electron chi connectivity index (χ2n) is 3.83. The molecule has 0 amide bonds. The van der Waals surface area contributed by atoms with Gasteiger partial charge in [0.05, 0.1) is 17.4 Å². The minimum atomic E-state index is 0.733. The highest BCUT2D eigenvalue weighted by molar-refractivity contribution is 9.10. The maximum absolute atomic E-state index is 5.73. The number of fused-ring (bicyclic) bond motifs is 1. The van der Waals surface area contributed by atoms with Crippen LogP contribution >= 0.6 is 15.9 Å². The summed E-state index contributed by atoms with van der Waals surface area (Å²) >= 11 is 3.51. The fourth-order valence-corrected chi connectivity index (χ4v) is 2.42. The van der Waals surface area contributed by atoms with E-state index in [0.717, 1.165) is 26.8 Å². The standard InChI is InChI=1S/C13H10BrN3/c14-11-7-10(15)5-6-13(11)17-12-4-2-1-3-9(12)8-16-17/h1-8H,15H2. The smallest absolute Gasteiger partial charge is 0.0796 e. The van der Waals surface area contributed by atoms with Crippen molar-refractivity contribution in [1.82, 2.24) is 9.78 Å². The summed E-state index contributed by atoms with van der Waals surface area (Å²) in [5, 5.41) is 5.52. The van der Waals surface area contributed by atoms with Crippen LogP contribution in [0.25, 0.3) is 16.6 Å². The molecule has 4 heteroatoms. The normalized spacial score (nSPS) is 10.9. The Balaban J connectivity index is 2.27. The van der Waals surface area contributed by atoms with Crippen molar-refractivity contribution in [2.24, 2.45) is 0 Å². The predicted molar refractivity (Wildman–Crippen MR) is 73.2 cm³/mol. The van der Waals surface area contributed by atoms with Gasteiger partial charge >= 0.3 is 0 Å². The topological polar surface area (TPSA) is 43.8 Å². The van der Waals surface area contributed by atoms with Crippen LogP contribution in [0.5, 0.6) is 0 Å². The van der Waals surface area contributed by atoms with Crippen molar-refractivity contribution >= 4 is 32.5 Å². The van der Waals surface area contributed by atoms with Crippen molar-refractivity contribution in [2.75, 3.05) is 5.73 Å². The molecule has 84 valence electrons. The van der Waals surface area contributed by atoms with Gasteiger partial charge in [0.15, 0.2) is 0 Å². The Morgan fingerprint density at radius 1 is 1.12 bits per heavy atom. The fourth-order valence-electron chi connectivity index (χ4n) is 1.86. The summed E-state index contributed by atoms with van der Waals surface area (Å²) in [5.74, 6) is 0. The number of anilines is 1. The number of hydrogen-bond donors (Lipinski definition) is 1. The molecule has 0 radical (unpaired) electrons. The summed E-state index contributed by atoms with van der Waals surface area (Å²) in [4.78, 5) is 0. The first-order valence-electron chi connectivity index (χ1n) is 5.24. The van der Waals surface area contributed by atoms with Gasteiger partial charge in [0.2, 0.25) is 0 Å². The molecule has 2 aromatic carbocycles. The molecule has 0 saturated heterocycles. The van der Waals surface area contributed by atoms with E-state index in [0.29, 0.717) is 0 Å². The molecular weight excluding hydrogens is 278 g/mol. The van der Waals surface area contributed by atoms with Gasteiger partial charge in [-0.25, -0.2) is 4.68 Å². The third kappa shape index (κ3) is 1.70. The first-order chi connectivity index (χ1) is 8.25. The van der Waals surface area contributed by atoms with Crippen molar-refractivity contribution in [3.05, 3.63) is 53.1 Å². The van der Waals surface area contributed by atoms with E-state index in [4.69, 9.17) is 5.73 Å². The maximum Gasteiger partial charge on any atom is 0.0796 e. The number of nitrogens with zero attached hydrogens (tertiary/aromatic N) is 2. The van der Waals surface area contributed by atoms with Gasteiger partial charge in [-0.3, -0.25) is 0 Å². The third-order valence-electron chi connectivity index (χ3n) is 2.68. The van der Waals surface area contributed by atoms with Gasteiger partial charge in [0.25, 0.3) is 0 Å². The van der Waals surface area contributed by atoms with Crippen molar-refractivity contribution in [3.63, 3.8) is 0 Å². The number of hydrogen-bond acceptors (Lipinski definition) is 2. The fraction of sp³-hybridized carbons (Fsp3) is 0. The highest BCUT2D eigenvalue weighted by Gasteiger charge is 2.07. The van der Waals surface area contributed by atoms with Crippen LogP contribution in [0, 0.1) is 0 Å². The first kappa shape index (κ1) is 10.4. The van der Waals surface area contributed by atoms with Crippen molar-refractivity contribution in [3.8, 4) is 5.69 Å². The Morgan fingerprint density at radius 2 is 1.94 bits per heavy atom. The molecule has 0 aliphatic heterocycles. The van der Waals surface area contributed by atoms with Gasteiger partial charge in [0, 0.05) is 15.5 Å². The van der Waals surface area contributed by atoms with Crippen LogP contribution in [-0.4, -0.2) is 9.78 Å². The van der Waals surface area contributed by atoms with E-state index in [1.54, 1.807) is 0 Å². The molecule has 3 rings (SSSR count). The molecule has 3 nitrogen and oxygen atoms in total. The SMILES string of the molecule is Nc1ccc(-n2ncc3ccccc32)c(Br)c1. The molecule has 0 bridgehead atoms. The number of aromatic nitrogens is 2. The maximum atomic E-state index is 5.73. The molecule has 1 aromatic heterocycles. The minimum absolute atomic E-state index is 0.733. The van der Waals surface area contributed by atoms with Gasteiger partial charge in [-0.05, 0) is 40.2 Å². The van der Waals surface area contributed by atoms with Crippen LogP contribution in [-0.2, 0) is 0 Å². The highest BCUT2D eigenvalue weighted by atomic mass is 79.9. The summed E-state index contributed by atoms with van der Waals surface area (Å²) in [6.45, 7) is 0. The number of rotatable bonds is 1. The molecule has 0 aliphatic carbocycles. The van der Waals surface area contributed by atoms with Gasteiger partial charge in [-0.1, -0.05) is 18.2 Å². The quantitative estimate of drug-likeness (QED) is 0.698. The molecule has 0 fully saturated rings. The molecule has 2 N–H and O–H groups in total. The Bertz CT molecular complexity index is 688. The average Bonchev–Trinajstić information content (AvgIpc) is 2.73. The largest absolute Gasteiger partial charge is 0.399 e. The number of nitrogen functional groups attached to an aromatic ring is 1. The van der Waals surface area contributed by atoms with Crippen molar-refractivity contribution < 1.29 is 0 Å². The van der Waals surface area contributed by atoms with E-state index in [2.05, 4.69) is 21.0 Å². The lowest BCUT2D eigenvalue weighted by Gasteiger charge is -2.06. The molecule has 0 aliphatic rings. The minimum Gasteiger partial charge on any atom is -0.399 e. The van der Waals surface area contributed by atoms with Crippen molar-refractivity contribution in [1.29, 1.82) is 0 Å². The molecule has 1 heterocycles. The van der Waals surface area contributed by atoms with Crippen molar-refractivity contribution in [2.45, 2.75) is 0 Å². The van der Waals surface area contributed by atoms with Crippen LogP contribution in [0.1, 0.15) is 0 Å². The molecule has 0 saturated carbocycles. The van der Waals surface area contributed by atoms with Crippen LogP contribution in [0.15, 0.2) is 53.1 Å². The van der Waals surface area contributed by atoms with Gasteiger partial charge < -0.3 is 5.73 Å². The van der Waals surface area contributed by atoms with E-state index in [1.165, 1.54) is 0 Å². The lowest BCUT2D eigenvalue weighted by atomic mass is 10.2. The monoisotopic (exact) mass is 287 g/mol. The lowest BCUT2D eigenvalue weighted by molar-refractivity contribution is 0.906. The molecule has 0 unspecified atom stereocenters. The van der Waals surface area contributed by atoms with Crippen LogP contribution in [0.4, 0.5) is 5.69 Å². The molecule has 17 heavy (non-hydrogen) atoms. The van der Waals surface area contributed by atoms with Crippen LogP contribution in [0.2, 0.25) is 0 Å². The van der Waals surface area contributed by atoms with E-state index >= 15 is 0 Å². The van der Waals surface area contributed by atoms with E-state index in [9.17, 15) is 0 Å². The van der Waals surface area contributed by atoms with E-state index in [-0.39, 0.29) is 0 Å². The zero-order valence-electron chi connectivity index (χ0n) is 8.97. The molecule has 3 aromatic rings. The Hall–Kier alpha value is -1.81. The third-order valence-corrected chi connectivity index (χ3v) is 3.31. The summed E-state index contributed by atoms with van der Waals surface area (Å²) < 4.78 is 2.84. The second kappa shape index (κ2) is 3.89. The molecule has 0 spiro atoms. The summed E-state index contributed by atoms with van der Waals surface area (Å²) in [7, 11) is 0. The Kier molecular flexibility index (Phi) is 2.37. The number of benzene rings is 2. The molecule has 0 atom stereocenters. The Morgan fingerprint density at radius 3 is 2.76 bits per heavy atom. The predicted octanol–water partition coefficient (Wildman–Crippen LogP) is 3.37. The molecular formula is C13H10BrN3. The number of para-hydroxylation sites is 1.